The van der Waals surface area contributed by atoms with E-state index in [1.54, 1.807) is 0 Å². The second kappa shape index (κ2) is 7.31. The third-order valence-corrected chi connectivity index (χ3v) is 3.72. The lowest BCUT2D eigenvalue weighted by molar-refractivity contribution is -0.134. The number of rotatable bonds is 4. The first-order chi connectivity index (χ1) is 10.1. The largest absolute Gasteiger partial charge is 0.355 e. The van der Waals surface area contributed by atoms with Gasteiger partial charge in [0.05, 0.1) is 5.92 Å². The molecule has 2 rings (SSSR count). The van der Waals surface area contributed by atoms with Gasteiger partial charge in [-0.15, -0.1) is 0 Å². The highest BCUT2D eigenvalue weighted by atomic mass is 19.1. The van der Waals surface area contributed by atoms with Crippen molar-refractivity contribution in [3.63, 3.8) is 0 Å². The van der Waals surface area contributed by atoms with Crippen LogP contribution in [0.25, 0.3) is 0 Å². The van der Waals surface area contributed by atoms with Gasteiger partial charge in [0.2, 0.25) is 17.8 Å². The zero-order valence-electron chi connectivity index (χ0n) is 12.2. The van der Waals surface area contributed by atoms with Crippen molar-refractivity contribution < 1.29 is 14.0 Å². The van der Waals surface area contributed by atoms with Crippen LogP contribution in [0.4, 0.5) is 4.39 Å². The van der Waals surface area contributed by atoms with Crippen LogP contribution in [-0.2, 0) is 9.59 Å². The number of allylic oxidation sites excluding steroid dienone is 1. The van der Waals surface area contributed by atoms with Crippen molar-refractivity contribution in [1.82, 2.24) is 15.1 Å². The second-order valence-corrected chi connectivity index (χ2v) is 5.30. The molecule has 1 N–H and O–H groups in total. The monoisotopic (exact) mass is 296 g/mol. The van der Waals surface area contributed by atoms with Gasteiger partial charge in [-0.3, -0.25) is 14.5 Å². The topological polar surface area (TPSA) is 65.0 Å². The average Bonchev–Trinajstić information content (AvgIpc) is 2.48. The highest BCUT2D eigenvalue weighted by molar-refractivity contribution is 5.94. The van der Waals surface area contributed by atoms with E-state index in [2.05, 4.69) is 15.2 Å². The molecule has 0 spiro atoms. The molecule has 1 unspecified atom stereocenters. The van der Waals surface area contributed by atoms with E-state index in [0.29, 0.717) is 26.1 Å². The summed E-state index contributed by atoms with van der Waals surface area (Å²) in [5.41, 5.74) is 0. The summed E-state index contributed by atoms with van der Waals surface area (Å²) in [4.78, 5) is 30.7. The third-order valence-electron chi connectivity index (χ3n) is 3.72. The molecule has 6 nitrogen and oxygen atoms in total. The number of hydrogen-bond acceptors (Lipinski definition) is 4. The maximum Gasteiger partial charge on any atom is 0.231 e. The summed E-state index contributed by atoms with van der Waals surface area (Å²) in [5, 5.41) is 2.76. The van der Waals surface area contributed by atoms with Gasteiger partial charge in [0.25, 0.3) is 0 Å². The van der Waals surface area contributed by atoms with Gasteiger partial charge in [-0.2, -0.15) is 4.39 Å². The summed E-state index contributed by atoms with van der Waals surface area (Å²) in [7, 11) is 0. The van der Waals surface area contributed by atoms with E-state index >= 15 is 0 Å². The summed E-state index contributed by atoms with van der Waals surface area (Å²) in [6, 6.07) is 0. The number of halogens is 1. The Balaban J connectivity index is 1.72. The molecular weight excluding hydrogens is 275 g/mol. The van der Waals surface area contributed by atoms with Gasteiger partial charge in [-0.25, -0.2) is 4.99 Å². The lowest BCUT2D eigenvalue weighted by atomic mass is 10.0. The first-order valence-corrected chi connectivity index (χ1v) is 7.21. The molecule has 0 radical (unpaired) electrons. The third kappa shape index (κ3) is 4.63. The molecule has 21 heavy (non-hydrogen) atoms. The Morgan fingerprint density at radius 2 is 2.10 bits per heavy atom. The van der Waals surface area contributed by atoms with Crippen LogP contribution in [0.15, 0.2) is 17.0 Å². The Bertz CT molecular complexity index is 456. The number of piperazine rings is 1. The van der Waals surface area contributed by atoms with Crippen LogP contribution >= 0.6 is 0 Å². The molecule has 0 aromatic carbocycles. The number of nitrogens with one attached hydrogen (secondary N) is 1. The fourth-order valence-corrected chi connectivity index (χ4v) is 2.48. The van der Waals surface area contributed by atoms with Gasteiger partial charge < -0.3 is 10.2 Å². The van der Waals surface area contributed by atoms with E-state index in [0.717, 1.165) is 19.6 Å². The molecule has 0 bridgehead atoms. The fourth-order valence-electron chi connectivity index (χ4n) is 2.48. The van der Waals surface area contributed by atoms with Crippen molar-refractivity contribution >= 4 is 18.0 Å². The molecule has 0 aromatic rings. The van der Waals surface area contributed by atoms with Crippen LogP contribution in [0.2, 0.25) is 0 Å². The lowest BCUT2D eigenvalue weighted by Gasteiger charge is -2.36. The van der Waals surface area contributed by atoms with Crippen molar-refractivity contribution in [2.24, 2.45) is 10.9 Å². The minimum absolute atomic E-state index is 0.0176. The van der Waals surface area contributed by atoms with Crippen LogP contribution in [0, 0.1) is 5.92 Å². The van der Waals surface area contributed by atoms with Gasteiger partial charge in [0.15, 0.2) is 0 Å². The van der Waals surface area contributed by atoms with Crippen LogP contribution in [0.3, 0.4) is 0 Å². The molecule has 1 atom stereocenters. The molecule has 0 aromatic heterocycles. The average molecular weight is 296 g/mol. The molecule has 7 heteroatoms. The zero-order valence-corrected chi connectivity index (χ0v) is 12.2. The fraction of sp³-hybridized carbons (Fsp3) is 0.643. The Hall–Kier alpha value is -1.76. The summed E-state index contributed by atoms with van der Waals surface area (Å²) < 4.78 is 12.8. The maximum absolute atomic E-state index is 12.8. The maximum atomic E-state index is 12.8. The minimum atomic E-state index is -0.512. The SMILES string of the molecule is CC(=O)NCCN1CCN(C(=O)C2C=NC(F)=CC2)CC1. The number of carbonyl (C=O) groups excluding carboxylic acids is 2. The van der Waals surface area contributed by atoms with Crippen molar-refractivity contribution in [3.8, 4) is 0 Å². The summed E-state index contributed by atoms with van der Waals surface area (Å²) in [6.07, 6.45) is 3.14. The first kappa shape index (κ1) is 15.6. The highest BCUT2D eigenvalue weighted by Gasteiger charge is 2.27. The Morgan fingerprint density at radius 3 is 2.67 bits per heavy atom. The van der Waals surface area contributed by atoms with E-state index in [1.165, 1.54) is 19.2 Å². The quantitative estimate of drug-likeness (QED) is 0.752. The molecule has 0 aliphatic carbocycles. The number of aliphatic imine (C=N–C) groups is 1. The predicted octanol–water partition coefficient (Wildman–Crippen LogP) is 0.168. The van der Waals surface area contributed by atoms with Gasteiger partial charge >= 0.3 is 0 Å². The molecule has 2 amide bonds. The molecule has 116 valence electrons. The zero-order chi connectivity index (χ0) is 15.2. The number of hydrogen-bond donors (Lipinski definition) is 1. The molecule has 1 fully saturated rings. The predicted molar refractivity (Wildman–Crippen MR) is 77.5 cm³/mol. The molecule has 1 saturated heterocycles. The highest BCUT2D eigenvalue weighted by Crippen LogP contribution is 2.16. The van der Waals surface area contributed by atoms with Crippen LogP contribution in [0.5, 0.6) is 0 Å². The number of amides is 2. The molecule has 0 saturated carbocycles. The lowest BCUT2D eigenvalue weighted by Crippen LogP contribution is -2.51. The second-order valence-electron chi connectivity index (χ2n) is 5.30. The van der Waals surface area contributed by atoms with Gasteiger partial charge in [-0.05, 0) is 12.5 Å². The van der Waals surface area contributed by atoms with Gasteiger partial charge in [-0.1, -0.05) is 0 Å². The van der Waals surface area contributed by atoms with Crippen molar-refractivity contribution in [3.05, 3.63) is 12.0 Å². The normalized spacial score (nSPS) is 22.9. The van der Waals surface area contributed by atoms with E-state index in [1.807, 2.05) is 4.90 Å². The van der Waals surface area contributed by atoms with Crippen molar-refractivity contribution in [1.29, 1.82) is 0 Å². The van der Waals surface area contributed by atoms with Crippen LogP contribution in [0.1, 0.15) is 13.3 Å². The van der Waals surface area contributed by atoms with Crippen molar-refractivity contribution in [2.45, 2.75) is 13.3 Å². The molecule has 2 heterocycles. The van der Waals surface area contributed by atoms with Crippen LogP contribution in [-0.4, -0.2) is 67.1 Å². The van der Waals surface area contributed by atoms with Gasteiger partial charge in [0, 0.05) is 52.4 Å². The molecule has 2 aliphatic heterocycles. The van der Waals surface area contributed by atoms with Crippen LogP contribution < -0.4 is 5.32 Å². The molecular formula is C14H21FN4O2. The number of carbonyl (C=O) groups is 2. The number of nitrogens with zero attached hydrogens (tertiary/aromatic N) is 3. The molecule has 2 aliphatic rings. The van der Waals surface area contributed by atoms with E-state index < -0.39 is 5.95 Å². The Labute approximate surface area is 123 Å². The smallest absolute Gasteiger partial charge is 0.231 e. The summed E-state index contributed by atoms with van der Waals surface area (Å²) in [5.74, 6) is -0.859. The summed E-state index contributed by atoms with van der Waals surface area (Å²) in [6.45, 7) is 5.83. The van der Waals surface area contributed by atoms with Crippen molar-refractivity contribution in [2.75, 3.05) is 39.3 Å². The first-order valence-electron chi connectivity index (χ1n) is 7.21. The Morgan fingerprint density at radius 1 is 1.38 bits per heavy atom. The Kier molecular flexibility index (Phi) is 5.44. The van der Waals surface area contributed by atoms with E-state index in [4.69, 9.17) is 0 Å². The van der Waals surface area contributed by atoms with Gasteiger partial charge in [0.1, 0.15) is 0 Å². The van der Waals surface area contributed by atoms with E-state index in [9.17, 15) is 14.0 Å². The van der Waals surface area contributed by atoms with E-state index in [-0.39, 0.29) is 17.7 Å². The minimum Gasteiger partial charge on any atom is -0.355 e. The standard InChI is InChI=1S/C14H21FN4O2/c1-11(20)16-4-5-18-6-8-19(9-7-18)14(21)12-2-3-13(15)17-10-12/h3,10,12H,2,4-9H2,1H3,(H,16,20). The summed E-state index contributed by atoms with van der Waals surface area (Å²) >= 11 is 0.